The van der Waals surface area contributed by atoms with Crippen molar-refractivity contribution in [3.8, 4) is 5.88 Å². The van der Waals surface area contributed by atoms with E-state index in [9.17, 15) is 4.79 Å². The summed E-state index contributed by atoms with van der Waals surface area (Å²) < 4.78 is 20.7. The van der Waals surface area contributed by atoms with Crippen LogP contribution < -0.4 is 16.2 Å². The highest BCUT2D eigenvalue weighted by molar-refractivity contribution is 5.91. The molecule has 0 saturated carbocycles. The molecule has 1 amide bonds. The Bertz CT molecular complexity index is 442. The lowest BCUT2D eigenvalue weighted by Gasteiger charge is -2.09. The zero-order valence-electron chi connectivity index (χ0n) is 12.0. The number of carbonyl (C=O) groups excluding carboxylic acids is 1. The zero-order chi connectivity index (χ0) is 15.5. The number of pyridine rings is 1. The highest BCUT2D eigenvalue weighted by atomic mass is 16.6. The number of nitrogens with zero attached hydrogens (tertiary/aromatic N) is 1. The molecular weight excluding hydrogens is 278 g/mol. The minimum absolute atomic E-state index is 0.103. The molecule has 0 radical (unpaired) electrons. The van der Waals surface area contributed by atoms with E-state index in [2.05, 4.69) is 4.98 Å². The van der Waals surface area contributed by atoms with Crippen LogP contribution in [0.2, 0.25) is 0 Å². The van der Waals surface area contributed by atoms with Crippen molar-refractivity contribution in [2.45, 2.75) is 0 Å². The van der Waals surface area contributed by atoms with Crippen LogP contribution in [0.25, 0.3) is 0 Å². The number of primary amides is 1. The summed E-state index contributed by atoms with van der Waals surface area (Å²) in [6.07, 6.45) is 0. The summed E-state index contributed by atoms with van der Waals surface area (Å²) in [7, 11) is 1.62. The molecule has 1 aromatic heterocycles. The molecule has 0 aliphatic heterocycles. The maximum absolute atomic E-state index is 11.0. The van der Waals surface area contributed by atoms with Gasteiger partial charge in [-0.3, -0.25) is 4.79 Å². The summed E-state index contributed by atoms with van der Waals surface area (Å²) in [5.41, 5.74) is 11.3. The molecule has 4 N–H and O–H groups in total. The first-order valence-corrected chi connectivity index (χ1v) is 6.48. The minimum Gasteiger partial charge on any atom is -0.474 e. The van der Waals surface area contributed by atoms with E-state index >= 15 is 0 Å². The van der Waals surface area contributed by atoms with Gasteiger partial charge in [-0.1, -0.05) is 0 Å². The predicted molar refractivity (Wildman–Crippen MR) is 76.2 cm³/mol. The van der Waals surface area contributed by atoms with Crippen molar-refractivity contribution in [2.75, 3.05) is 52.5 Å². The third-order valence-corrected chi connectivity index (χ3v) is 2.41. The second-order valence-corrected chi connectivity index (χ2v) is 4.02. The monoisotopic (exact) mass is 299 g/mol. The number of aromatic nitrogens is 1. The standard InChI is InChI=1S/C13H21N3O5/c1-18-4-5-19-6-7-20-8-9-21-13-10(14)2-3-11(16-13)12(15)17/h2-3H,4-9,14H2,1H3,(H2,15,17). The lowest BCUT2D eigenvalue weighted by Crippen LogP contribution is -2.16. The first-order valence-electron chi connectivity index (χ1n) is 6.48. The first kappa shape index (κ1) is 17.2. The quantitative estimate of drug-likeness (QED) is 0.544. The molecule has 0 atom stereocenters. The van der Waals surface area contributed by atoms with Crippen LogP contribution in [0.15, 0.2) is 12.1 Å². The van der Waals surface area contributed by atoms with E-state index in [0.29, 0.717) is 38.7 Å². The highest BCUT2D eigenvalue weighted by Crippen LogP contribution is 2.18. The normalized spacial score (nSPS) is 10.5. The van der Waals surface area contributed by atoms with E-state index < -0.39 is 5.91 Å². The molecule has 0 saturated heterocycles. The van der Waals surface area contributed by atoms with Gasteiger partial charge in [0.15, 0.2) is 0 Å². The molecular formula is C13H21N3O5. The number of nitrogens with two attached hydrogens (primary N) is 2. The van der Waals surface area contributed by atoms with Crippen LogP contribution in [0.3, 0.4) is 0 Å². The number of amides is 1. The Morgan fingerprint density at radius 1 is 1.10 bits per heavy atom. The van der Waals surface area contributed by atoms with Crippen LogP contribution in [-0.2, 0) is 14.2 Å². The van der Waals surface area contributed by atoms with Crippen molar-refractivity contribution in [1.82, 2.24) is 4.98 Å². The fourth-order valence-electron chi connectivity index (χ4n) is 1.37. The number of hydrogen-bond acceptors (Lipinski definition) is 7. The molecule has 8 heteroatoms. The van der Waals surface area contributed by atoms with E-state index in [4.69, 9.17) is 30.4 Å². The van der Waals surface area contributed by atoms with E-state index in [1.54, 1.807) is 7.11 Å². The summed E-state index contributed by atoms with van der Waals surface area (Å²) in [6.45, 7) is 2.66. The van der Waals surface area contributed by atoms with E-state index in [1.807, 2.05) is 0 Å². The molecule has 0 unspecified atom stereocenters. The predicted octanol–water partition coefficient (Wildman–Crippen LogP) is -0.179. The van der Waals surface area contributed by atoms with Crippen LogP contribution in [0.5, 0.6) is 5.88 Å². The van der Waals surface area contributed by atoms with Gasteiger partial charge in [-0.2, -0.15) is 0 Å². The summed E-state index contributed by atoms with van der Waals surface area (Å²) in [5, 5.41) is 0. The van der Waals surface area contributed by atoms with Crippen molar-refractivity contribution in [3.05, 3.63) is 17.8 Å². The number of nitrogen functional groups attached to an aromatic ring is 1. The third-order valence-electron chi connectivity index (χ3n) is 2.41. The van der Waals surface area contributed by atoms with Crippen LogP contribution in [0.1, 0.15) is 10.5 Å². The molecule has 1 heterocycles. The molecule has 8 nitrogen and oxygen atoms in total. The second-order valence-electron chi connectivity index (χ2n) is 4.02. The Morgan fingerprint density at radius 3 is 2.33 bits per heavy atom. The molecule has 0 aliphatic carbocycles. The Hall–Kier alpha value is -1.90. The molecule has 21 heavy (non-hydrogen) atoms. The van der Waals surface area contributed by atoms with Gasteiger partial charge in [0.25, 0.3) is 5.91 Å². The molecule has 0 aliphatic rings. The topological polar surface area (TPSA) is 119 Å². The van der Waals surface area contributed by atoms with Gasteiger partial charge in [-0.15, -0.1) is 0 Å². The lowest BCUT2D eigenvalue weighted by atomic mass is 10.3. The Morgan fingerprint density at radius 2 is 1.71 bits per heavy atom. The fourth-order valence-corrected chi connectivity index (χ4v) is 1.37. The van der Waals surface area contributed by atoms with Crippen molar-refractivity contribution in [2.24, 2.45) is 5.73 Å². The summed E-state index contributed by atoms with van der Waals surface area (Å²) in [4.78, 5) is 14.9. The highest BCUT2D eigenvalue weighted by Gasteiger charge is 2.08. The van der Waals surface area contributed by atoms with Gasteiger partial charge in [0.1, 0.15) is 12.3 Å². The Labute approximate surface area is 123 Å². The van der Waals surface area contributed by atoms with Crippen molar-refractivity contribution < 1.29 is 23.7 Å². The Balaban J connectivity index is 2.18. The maximum atomic E-state index is 11.0. The molecule has 1 rings (SSSR count). The molecule has 118 valence electrons. The number of carbonyl (C=O) groups is 1. The molecule has 1 aromatic rings. The smallest absolute Gasteiger partial charge is 0.267 e. The van der Waals surface area contributed by atoms with Gasteiger partial charge in [0, 0.05) is 7.11 Å². The van der Waals surface area contributed by atoms with Crippen LogP contribution >= 0.6 is 0 Å². The van der Waals surface area contributed by atoms with Gasteiger partial charge >= 0.3 is 0 Å². The minimum atomic E-state index is -0.635. The van der Waals surface area contributed by atoms with Gasteiger partial charge < -0.3 is 30.4 Å². The molecule has 0 spiro atoms. The largest absolute Gasteiger partial charge is 0.474 e. The summed E-state index contributed by atoms with van der Waals surface area (Å²) >= 11 is 0. The van der Waals surface area contributed by atoms with E-state index in [1.165, 1.54) is 12.1 Å². The lowest BCUT2D eigenvalue weighted by molar-refractivity contribution is 0.0177. The van der Waals surface area contributed by atoms with E-state index in [0.717, 1.165) is 0 Å². The molecule has 0 aromatic carbocycles. The zero-order valence-corrected chi connectivity index (χ0v) is 12.0. The number of hydrogen-bond donors (Lipinski definition) is 2. The number of ether oxygens (including phenoxy) is 4. The Kier molecular flexibility index (Phi) is 8.10. The number of anilines is 1. The third kappa shape index (κ3) is 6.89. The second kappa shape index (κ2) is 9.92. The van der Waals surface area contributed by atoms with Crippen molar-refractivity contribution >= 4 is 11.6 Å². The average molecular weight is 299 g/mol. The molecule has 0 bridgehead atoms. The average Bonchev–Trinajstić information content (AvgIpc) is 2.47. The van der Waals surface area contributed by atoms with Gasteiger partial charge in [-0.05, 0) is 12.1 Å². The van der Waals surface area contributed by atoms with E-state index in [-0.39, 0.29) is 18.2 Å². The first-order chi connectivity index (χ1) is 10.1. The fraction of sp³-hybridized carbons (Fsp3) is 0.538. The maximum Gasteiger partial charge on any atom is 0.267 e. The number of methoxy groups -OCH3 is 1. The van der Waals surface area contributed by atoms with Crippen LogP contribution in [0.4, 0.5) is 5.69 Å². The van der Waals surface area contributed by atoms with Gasteiger partial charge in [0.2, 0.25) is 5.88 Å². The van der Waals surface area contributed by atoms with Crippen LogP contribution in [0, 0.1) is 0 Å². The van der Waals surface area contributed by atoms with Crippen molar-refractivity contribution in [3.63, 3.8) is 0 Å². The number of rotatable bonds is 11. The summed E-state index contributed by atoms with van der Waals surface area (Å²) in [6, 6.07) is 2.96. The van der Waals surface area contributed by atoms with Gasteiger partial charge in [-0.25, -0.2) is 4.98 Å². The SMILES string of the molecule is COCCOCCOCCOc1nc(C(N)=O)ccc1N. The van der Waals surface area contributed by atoms with Crippen LogP contribution in [-0.4, -0.2) is 57.6 Å². The molecule has 0 fully saturated rings. The van der Waals surface area contributed by atoms with Gasteiger partial charge in [0.05, 0.1) is 38.7 Å². The van der Waals surface area contributed by atoms with Crippen molar-refractivity contribution in [1.29, 1.82) is 0 Å². The summed E-state index contributed by atoms with van der Waals surface area (Å²) in [5.74, 6) is -0.462.